The van der Waals surface area contributed by atoms with Gasteiger partial charge in [-0.25, -0.2) is 0 Å². The monoisotopic (exact) mass is 228 g/mol. The number of halogens is 2. The smallest absolute Gasteiger partial charge is 0.0713 e. The van der Waals surface area contributed by atoms with Crippen LogP contribution in [0.5, 0.6) is 0 Å². The number of methoxy groups -OCH3 is 1. The third kappa shape index (κ3) is 2.96. The zero-order valence-corrected chi connectivity index (χ0v) is 9.50. The van der Waals surface area contributed by atoms with Crippen molar-refractivity contribution in [3.63, 3.8) is 0 Å². The molecule has 2 saturated heterocycles. The molecule has 1 N–H and O–H groups in total. The van der Waals surface area contributed by atoms with E-state index in [0.717, 1.165) is 25.7 Å². The first-order valence-corrected chi connectivity index (χ1v) is 4.37. The standard InChI is InChI=1S/C8H16N2O.2ClH/c1-11-8-4-7-5-9-2-3-10(7)6-8;;/h7-9H,2-6H2,1H3;2*1H/t7-,8-;;/m1../s1. The maximum Gasteiger partial charge on any atom is 0.0713 e. The highest BCUT2D eigenvalue weighted by Gasteiger charge is 2.33. The van der Waals surface area contributed by atoms with Crippen molar-refractivity contribution in [2.45, 2.75) is 18.6 Å². The molecule has 2 aliphatic heterocycles. The number of hydrogen-bond acceptors (Lipinski definition) is 3. The molecule has 0 unspecified atom stereocenters. The van der Waals surface area contributed by atoms with Gasteiger partial charge in [-0.05, 0) is 6.42 Å². The Bertz CT molecular complexity index is 134. The van der Waals surface area contributed by atoms with Gasteiger partial charge in [-0.1, -0.05) is 0 Å². The average molecular weight is 229 g/mol. The molecule has 0 aromatic carbocycles. The van der Waals surface area contributed by atoms with Crippen LogP contribution in [0.3, 0.4) is 0 Å². The molecule has 0 radical (unpaired) electrons. The maximum absolute atomic E-state index is 5.33. The van der Waals surface area contributed by atoms with E-state index in [-0.39, 0.29) is 24.8 Å². The average Bonchev–Trinajstić information content (AvgIpc) is 2.46. The highest BCUT2D eigenvalue weighted by atomic mass is 35.5. The van der Waals surface area contributed by atoms with Crippen molar-refractivity contribution in [2.75, 3.05) is 33.3 Å². The van der Waals surface area contributed by atoms with Crippen molar-refractivity contribution >= 4 is 24.8 Å². The van der Waals surface area contributed by atoms with Crippen LogP contribution in [0.4, 0.5) is 0 Å². The quantitative estimate of drug-likeness (QED) is 0.709. The summed E-state index contributed by atoms with van der Waals surface area (Å²) in [5, 5.41) is 3.40. The Balaban J connectivity index is 0.000000720. The molecule has 0 spiro atoms. The number of nitrogens with one attached hydrogen (secondary N) is 1. The summed E-state index contributed by atoms with van der Waals surface area (Å²) in [7, 11) is 1.82. The predicted octanol–water partition coefficient (Wildman–Crippen LogP) is 0.522. The van der Waals surface area contributed by atoms with Gasteiger partial charge in [-0.2, -0.15) is 0 Å². The van der Waals surface area contributed by atoms with Gasteiger partial charge in [-0.15, -0.1) is 24.8 Å². The lowest BCUT2D eigenvalue weighted by Gasteiger charge is -2.29. The number of ether oxygens (including phenoxy) is 1. The molecule has 2 atom stereocenters. The Morgan fingerprint density at radius 1 is 1.38 bits per heavy atom. The SMILES string of the molecule is CO[C@@H]1C[C@@H]2CNCCN2C1.Cl.Cl. The van der Waals surface area contributed by atoms with Crippen LogP contribution in [-0.4, -0.2) is 50.3 Å². The fraction of sp³-hybridized carbons (Fsp3) is 1.00. The van der Waals surface area contributed by atoms with Gasteiger partial charge < -0.3 is 10.1 Å². The van der Waals surface area contributed by atoms with E-state index < -0.39 is 0 Å². The van der Waals surface area contributed by atoms with E-state index in [2.05, 4.69) is 10.2 Å². The second kappa shape index (κ2) is 6.04. The van der Waals surface area contributed by atoms with Gasteiger partial charge in [0.15, 0.2) is 0 Å². The number of fused-ring (bicyclic) bond motifs is 1. The summed E-state index contributed by atoms with van der Waals surface area (Å²) in [6.45, 7) is 4.64. The first-order chi connectivity index (χ1) is 5.40. The van der Waals surface area contributed by atoms with Crippen LogP contribution in [0.1, 0.15) is 6.42 Å². The Kier molecular flexibility index (Phi) is 6.25. The molecule has 2 rings (SSSR count). The molecule has 0 aromatic rings. The molecule has 80 valence electrons. The molecular weight excluding hydrogens is 211 g/mol. The molecule has 0 aliphatic carbocycles. The number of piperazine rings is 1. The molecule has 2 fully saturated rings. The molecule has 5 heteroatoms. The van der Waals surface area contributed by atoms with Crippen LogP contribution in [0, 0.1) is 0 Å². The summed E-state index contributed by atoms with van der Waals surface area (Å²) < 4.78 is 5.33. The van der Waals surface area contributed by atoms with Crippen molar-refractivity contribution in [3.05, 3.63) is 0 Å². The third-order valence-electron chi connectivity index (χ3n) is 2.78. The van der Waals surface area contributed by atoms with Gasteiger partial charge in [-0.3, -0.25) is 4.90 Å². The lowest BCUT2D eigenvalue weighted by Crippen LogP contribution is -2.47. The Morgan fingerprint density at radius 2 is 2.15 bits per heavy atom. The highest BCUT2D eigenvalue weighted by Crippen LogP contribution is 2.20. The summed E-state index contributed by atoms with van der Waals surface area (Å²) in [4.78, 5) is 2.53. The molecule has 3 nitrogen and oxygen atoms in total. The minimum atomic E-state index is 0. The molecule has 0 amide bonds. The predicted molar refractivity (Wildman–Crippen MR) is 58.1 cm³/mol. The summed E-state index contributed by atoms with van der Waals surface area (Å²) in [6, 6.07) is 0.744. The van der Waals surface area contributed by atoms with Crippen molar-refractivity contribution in [1.29, 1.82) is 0 Å². The Morgan fingerprint density at radius 3 is 2.77 bits per heavy atom. The third-order valence-corrected chi connectivity index (χ3v) is 2.78. The lowest BCUT2D eigenvalue weighted by molar-refractivity contribution is 0.108. The van der Waals surface area contributed by atoms with E-state index in [4.69, 9.17) is 4.74 Å². The molecule has 2 heterocycles. The van der Waals surface area contributed by atoms with Crippen molar-refractivity contribution < 1.29 is 4.74 Å². The van der Waals surface area contributed by atoms with Crippen molar-refractivity contribution in [3.8, 4) is 0 Å². The second-order valence-corrected chi connectivity index (χ2v) is 3.45. The molecule has 2 aliphatic rings. The zero-order chi connectivity index (χ0) is 7.68. The van der Waals surface area contributed by atoms with E-state index >= 15 is 0 Å². The Labute approximate surface area is 92.0 Å². The first kappa shape index (κ1) is 13.5. The van der Waals surface area contributed by atoms with Gasteiger partial charge in [0.2, 0.25) is 0 Å². The lowest BCUT2D eigenvalue weighted by atomic mass is 10.2. The Hall–Kier alpha value is 0.460. The highest BCUT2D eigenvalue weighted by molar-refractivity contribution is 5.85. The molecule has 0 bridgehead atoms. The van der Waals surface area contributed by atoms with Crippen LogP contribution in [0.2, 0.25) is 0 Å². The van der Waals surface area contributed by atoms with E-state index in [9.17, 15) is 0 Å². The topological polar surface area (TPSA) is 24.5 Å². The minimum Gasteiger partial charge on any atom is -0.380 e. The molecular formula is C8H18Cl2N2O. The van der Waals surface area contributed by atoms with Gasteiger partial charge >= 0.3 is 0 Å². The van der Waals surface area contributed by atoms with E-state index in [1.807, 2.05) is 7.11 Å². The van der Waals surface area contributed by atoms with Gasteiger partial charge in [0.1, 0.15) is 0 Å². The minimum absolute atomic E-state index is 0. The fourth-order valence-corrected chi connectivity index (χ4v) is 2.09. The van der Waals surface area contributed by atoms with Gasteiger partial charge in [0.05, 0.1) is 6.10 Å². The number of rotatable bonds is 1. The molecule has 0 saturated carbocycles. The van der Waals surface area contributed by atoms with Crippen LogP contribution >= 0.6 is 24.8 Å². The first-order valence-electron chi connectivity index (χ1n) is 4.37. The normalized spacial score (nSPS) is 33.0. The number of hydrogen-bond donors (Lipinski definition) is 1. The van der Waals surface area contributed by atoms with E-state index in [1.54, 1.807) is 0 Å². The fourth-order valence-electron chi connectivity index (χ4n) is 2.09. The van der Waals surface area contributed by atoms with Gasteiger partial charge in [0.25, 0.3) is 0 Å². The van der Waals surface area contributed by atoms with Gasteiger partial charge in [0, 0.05) is 39.3 Å². The number of nitrogens with zero attached hydrogens (tertiary/aromatic N) is 1. The van der Waals surface area contributed by atoms with Crippen LogP contribution in [-0.2, 0) is 4.74 Å². The summed E-state index contributed by atoms with van der Waals surface area (Å²) >= 11 is 0. The molecule has 0 aromatic heterocycles. The summed E-state index contributed by atoms with van der Waals surface area (Å²) in [5.74, 6) is 0. The van der Waals surface area contributed by atoms with Crippen molar-refractivity contribution in [2.24, 2.45) is 0 Å². The summed E-state index contributed by atoms with van der Waals surface area (Å²) in [6.07, 6.45) is 1.70. The van der Waals surface area contributed by atoms with E-state index in [1.165, 1.54) is 13.0 Å². The summed E-state index contributed by atoms with van der Waals surface area (Å²) in [5.41, 5.74) is 0. The van der Waals surface area contributed by atoms with Crippen molar-refractivity contribution in [1.82, 2.24) is 10.2 Å². The molecule has 13 heavy (non-hydrogen) atoms. The second-order valence-electron chi connectivity index (χ2n) is 3.45. The zero-order valence-electron chi connectivity index (χ0n) is 7.86. The van der Waals surface area contributed by atoms with Crippen LogP contribution < -0.4 is 5.32 Å². The van der Waals surface area contributed by atoms with Crippen LogP contribution in [0.15, 0.2) is 0 Å². The largest absolute Gasteiger partial charge is 0.380 e. The van der Waals surface area contributed by atoms with Crippen LogP contribution in [0.25, 0.3) is 0 Å². The van der Waals surface area contributed by atoms with E-state index in [0.29, 0.717) is 6.10 Å². The maximum atomic E-state index is 5.33.